The molecular formula is C11H22N2O. The molecule has 1 saturated heterocycles. The van der Waals surface area contributed by atoms with E-state index in [0.717, 1.165) is 32.4 Å². The average Bonchev–Trinajstić information content (AvgIpc) is 2.53. The van der Waals surface area contributed by atoms with E-state index >= 15 is 0 Å². The molecule has 1 heterocycles. The number of hydrogen-bond acceptors (Lipinski definition) is 2. The predicted octanol–water partition coefficient (Wildman–Crippen LogP) is 1.29. The van der Waals surface area contributed by atoms with Crippen molar-refractivity contribution in [2.24, 2.45) is 5.41 Å². The Kier molecular flexibility index (Phi) is 3.93. The second kappa shape index (κ2) is 4.78. The minimum atomic E-state index is 0.0648. The fraction of sp³-hybridized carbons (Fsp3) is 0.909. The van der Waals surface area contributed by atoms with Gasteiger partial charge in [-0.2, -0.15) is 0 Å². The molecule has 1 aliphatic rings. The highest BCUT2D eigenvalue weighted by Gasteiger charge is 2.21. The zero-order chi connectivity index (χ0) is 10.6. The van der Waals surface area contributed by atoms with Crippen molar-refractivity contribution in [3.63, 3.8) is 0 Å². The van der Waals surface area contributed by atoms with Gasteiger partial charge in [0.15, 0.2) is 0 Å². The molecule has 0 aromatic rings. The van der Waals surface area contributed by atoms with Crippen LogP contribution in [0.4, 0.5) is 0 Å². The van der Waals surface area contributed by atoms with Gasteiger partial charge in [0.25, 0.3) is 0 Å². The van der Waals surface area contributed by atoms with Crippen molar-refractivity contribution in [2.45, 2.75) is 46.1 Å². The monoisotopic (exact) mass is 198 g/mol. The van der Waals surface area contributed by atoms with E-state index in [4.69, 9.17) is 0 Å². The molecule has 1 atom stereocenters. The quantitative estimate of drug-likeness (QED) is 0.717. The minimum Gasteiger partial charge on any atom is -0.355 e. The van der Waals surface area contributed by atoms with Gasteiger partial charge in [-0.25, -0.2) is 0 Å². The van der Waals surface area contributed by atoms with Gasteiger partial charge in [-0.15, -0.1) is 0 Å². The van der Waals surface area contributed by atoms with Gasteiger partial charge >= 0.3 is 0 Å². The van der Waals surface area contributed by atoms with Crippen molar-refractivity contribution in [3.05, 3.63) is 0 Å². The van der Waals surface area contributed by atoms with Crippen molar-refractivity contribution in [2.75, 3.05) is 13.1 Å². The molecule has 1 aliphatic heterocycles. The van der Waals surface area contributed by atoms with Crippen molar-refractivity contribution in [1.82, 2.24) is 10.6 Å². The summed E-state index contributed by atoms with van der Waals surface area (Å²) >= 11 is 0. The lowest BCUT2D eigenvalue weighted by Gasteiger charge is -2.19. The van der Waals surface area contributed by atoms with Crippen molar-refractivity contribution in [1.29, 1.82) is 0 Å². The zero-order valence-corrected chi connectivity index (χ0v) is 9.52. The molecule has 1 unspecified atom stereocenters. The number of hydrogen-bond donors (Lipinski definition) is 2. The summed E-state index contributed by atoms with van der Waals surface area (Å²) in [4.78, 5) is 11.6. The summed E-state index contributed by atoms with van der Waals surface area (Å²) in [5, 5.41) is 6.17. The fourth-order valence-corrected chi connectivity index (χ4v) is 1.59. The molecule has 82 valence electrons. The van der Waals surface area contributed by atoms with Crippen LogP contribution in [-0.2, 0) is 4.79 Å². The number of amides is 1. The Morgan fingerprint density at radius 1 is 1.50 bits per heavy atom. The zero-order valence-electron chi connectivity index (χ0n) is 9.52. The molecule has 2 N–H and O–H groups in total. The standard InChI is InChI=1S/C11H22N2O/c1-11(2,3)6-8-13-10(14)9-5-4-7-12-9/h9,12H,4-8H2,1-3H3,(H,13,14). The molecule has 0 spiro atoms. The van der Waals surface area contributed by atoms with E-state index in [1.54, 1.807) is 0 Å². The van der Waals surface area contributed by atoms with Gasteiger partial charge in [0, 0.05) is 6.54 Å². The number of carbonyl (C=O) groups is 1. The Bertz CT molecular complexity index is 190. The molecule has 0 bridgehead atoms. The van der Waals surface area contributed by atoms with Crippen molar-refractivity contribution < 1.29 is 4.79 Å². The van der Waals surface area contributed by atoms with Crippen LogP contribution in [0.1, 0.15) is 40.0 Å². The Balaban J connectivity index is 2.15. The maximum Gasteiger partial charge on any atom is 0.237 e. The van der Waals surface area contributed by atoms with Crippen LogP contribution in [0.25, 0.3) is 0 Å². The molecule has 0 aliphatic carbocycles. The smallest absolute Gasteiger partial charge is 0.237 e. The third-order valence-corrected chi connectivity index (χ3v) is 2.55. The van der Waals surface area contributed by atoms with Crippen LogP contribution < -0.4 is 10.6 Å². The molecule has 3 nitrogen and oxygen atoms in total. The van der Waals surface area contributed by atoms with Crippen LogP contribution in [0.15, 0.2) is 0 Å². The normalized spacial score (nSPS) is 22.4. The van der Waals surface area contributed by atoms with Crippen LogP contribution in [0.5, 0.6) is 0 Å². The summed E-state index contributed by atoms with van der Waals surface area (Å²) in [6.45, 7) is 8.34. The third kappa shape index (κ3) is 4.09. The highest BCUT2D eigenvalue weighted by Crippen LogP contribution is 2.17. The van der Waals surface area contributed by atoms with E-state index < -0.39 is 0 Å². The summed E-state index contributed by atoms with van der Waals surface area (Å²) in [6.07, 6.45) is 3.14. The SMILES string of the molecule is CC(C)(C)CCNC(=O)C1CCCN1. The largest absolute Gasteiger partial charge is 0.355 e. The van der Waals surface area contributed by atoms with E-state index in [1.165, 1.54) is 0 Å². The van der Waals surface area contributed by atoms with Gasteiger partial charge in [0.05, 0.1) is 6.04 Å². The maximum atomic E-state index is 11.6. The molecule has 1 amide bonds. The van der Waals surface area contributed by atoms with Crippen LogP contribution in [0, 0.1) is 5.41 Å². The number of nitrogens with one attached hydrogen (secondary N) is 2. The van der Waals surface area contributed by atoms with E-state index in [0.29, 0.717) is 5.41 Å². The Labute approximate surface area is 86.6 Å². The van der Waals surface area contributed by atoms with E-state index in [9.17, 15) is 4.79 Å². The van der Waals surface area contributed by atoms with Gasteiger partial charge in [-0.05, 0) is 31.2 Å². The molecule has 0 radical (unpaired) electrons. The number of rotatable bonds is 3. The minimum absolute atomic E-state index is 0.0648. The van der Waals surface area contributed by atoms with Gasteiger partial charge < -0.3 is 10.6 Å². The van der Waals surface area contributed by atoms with Gasteiger partial charge in [0.2, 0.25) is 5.91 Å². The molecule has 3 heteroatoms. The lowest BCUT2D eigenvalue weighted by atomic mass is 9.92. The first-order valence-corrected chi connectivity index (χ1v) is 5.50. The summed E-state index contributed by atoms with van der Waals surface area (Å²) in [5.74, 6) is 0.173. The summed E-state index contributed by atoms with van der Waals surface area (Å²) in [7, 11) is 0. The van der Waals surface area contributed by atoms with Gasteiger partial charge in [0.1, 0.15) is 0 Å². The average molecular weight is 198 g/mol. The first-order chi connectivity index (χ1) is 6.49. The first kappa shape index (κ1) is 11.5. The lowest BCUT2D eigenvalue weighted by Crippen LogP contribution is -2.41. The molecule has 1 fully saturated rings. The predicted molar refractivity (Wildman–Crippen MR) is 58.1 cm³/mol. The molecule has 0 aromatic carbocycles. The van der Waals surface area contributed by atoms with Crippen molar-refractivity contribution in [3.8, 4) is 0 Å². The van der Waals surface area contributed by atoms with Gasteiger partial charge in [-0.1, -0.05) is 20.8 Å². The van der Waals surface area contributed by atoms with Crippen LogP contribution in [-0.4, -0.2) is 25.0 Å². The topological polar surface area (TPSA) is 41.1 Å². The number of carbonyl (C=O) groups excluding carboxylic acids is 1. The molecule has 14 heavy (non-hydrogen) atoms. The molecule has 0 aromatic heterocycles. The lowest BCUT2D eigenvalue weighted by molar-refractivity contribution is -0.122. The molecule has 1 rings (SSSR count). The second-order valence-corrected chi connectivity index (χ2v) is 5.25. The Morgan fingerprint density at radius 2 is 2.21 bits per heavy atom. The highest BCUT2D eigenvalue weighted by atomic mass is 16.2. The van der Waals surface area contributed by atoms with Gasteiger partial charge in [-0.3, -0.25) is 4.79 Å². The highest BCUT2D eigenvalue weighted by molar-refractivity contribution is 5.81. The maximum absolute atomic E-state index is 11.6. The first-order valence-electron chi connectivity index (χ1n) is 5.50. The Morgan fingerprint density at radius 3 is 2.71 bits per heavy atom. The molecular weight excluding hydrogens is 176 g/mol. The Hall–Kier alpha value is -0.570. The summed E-state index contributed by atoms with van der Waals surface area (Å²) in [5.41, 5.74) is 0.302. The van der Waals surface area contributed by atoms with Crippen molar-refractivity contribution >= 4 is 5.91 Å². The van der Waals surface area contributed by atoms with E-state index in [1.807, 2.05) is 0 Å². The van der Waals surface area contributed by atoms with E-state index in [2.05, 4.69) is 31.4 Å². The van der Waals surface area contributed by atoms with E-state index in [-0.39, 0.29) is 11.9 Å². The summed E-state index contributed by atoms with van der Waals surface area (Å²) < 4.78 is 0. The van der Waals surface area contributed by atoms with Crippen LogP contribution in [0.3, 0.4) is 0 Å². The molecule has 0 saturated carbocycles. The third-order valence-electron chi connectivity index (χ3n) is 2.55. The van der Waals surface area contributed by atoms with Crippen LogP contribution >= 0.6 is 0 Å². The second-order valence-electron chi connectivity index (χ2n) is 5.25. The van der Waals surface area contributed by atoms with Crippen LogP contribution in [0.2, 0.25) is 0 Å². The summed E-state index contributed by atoms with van der Waals surface area (Å²) in [6, 6.07) is 0.0648. The fourth-order valence-electron chi connectivity index (χ4n) is 1.59.